The maximum Gasteiger partial charge on any atom is 0.309 e. The van der Waals surface area contributed by atoms with Crippen LogP contribution >= 0.6 is 34.5 Å². The Balaban J connectivity index is 1.68. The molecule has 1 fully saturated rings. The van der Waals surface area contributed by atoms with Crippen molar-refractivity contribution in [3.63, 3.8) is 0 Å². The van der Waals surface area contributed by atoms with Gasteiger partial charge in [0.15, 0.2) is 11.5 Å². The van der Waals surface area contributed by atoms with Crippen molar-refractivity contribution < 1.29 is 33.3 Å². The number of thiophene rings is 1. The molecule has 0 saturated carbocycles. The molecule has 1 saturated heterocycles. The van der Waals surface area contributed by atoms with E-state index in [9.17, 15) is 9.59 Å². The second-order valence-corrected chi connectivity index (χ2v) is 13.7. The van der Waals surface area contributed by atoms with Crippen LogP contribution in [0.15, 0.2) is 54.6 Å². The average Bonchev–Trinajstić information content (AvgIpc) is 3.41. The first-order valence-electron chi connectivity index (χ1n) is 14.4. The van der Waals surface area contributed by atoms with Gasteiger partial charge in [-0.15, -0.1) is 11.3 Å². The summed E-state index contributed by atoms with van der Waals surface area (Å²) in [5.41, 5.74) is 0.966. The van der Waals surface area contributed by atoms with Gasteiger partial charge in [-0.25, -0.2) is 0 Å². The lowest BCUT2D eigenvalue weighted by Crippen LogP contribution is -2.56. The minimum Gasteiger partial charge on any atom is -0.493 e. The number of methoxy groups -OCH3 is 2. The number of esters is 1. The second kappa shape index (κ2) is 15.0. The minimum absolute atomic E-state index is 0.232. The lowest BCUT2D eigenvalue weighted by molar-refractivity contribution is -0.188. The molecule has 0 unspecified atom stereocenters. The van der Waals surface area contributed by atoms with E-state index in [-0.39, 0.29) is 25.0 Å². The van der Waals surface area contributed by atoms with Crippen molar-refractivity contribution in [3.05, 3.63) is 80.0 Å². The summed E-state index contributed by atoms with van der Waals surface area (Å²) in [6, 6.07) is 15.8. The van der Waals surface area contributed by atoms with Crippen molar-refractivity contribution in [1.29, 1.82) is 0 Å². The number of nitrogens with zero attached hydrogens (tertiary/aromatic N) is 1. The lowest BCUT2D eigenvalue weighted by Gasteiger charge is -2.47. The highest BCUT2D eigenvalue weighted by Crippen LogP contribution is 2.47. The first-order valence-corrected chi connectivity index (χ1v) is 16.0. The zero-order chi connectivity index (χ0) is 32.0. The smallest absolute Gasteiger partial charge is 0.309 e. The van der Waals surface area contributed by atoms with Crippen molar-refractivity contribution in [3.8, 4) is 11.5 Å². The van der Waals surface area contributed by atoms with E-state index in [0.717, 1.165) is 16.0 Å². The highest BCUT2D eigenvalue weighted by molar-refractivity contribution is 7.16. The third kappa shape index (κ3) is 8.46. The summed E-state index contributed by atoms with van der Waals surface area (Å²) in [7, 11) is 3.17. The van der Waals surface area contributed by atoms with Crippen LogP contribution < -0.4 is 9.47 Å². The first-order chi connectivity index (χ1) is 20.9. The van der Waals surface area contributed by atoms with Crippen LogP contribution in [-0.4, -0.2) is 55.3 Å². The van der Waals surface area contributed by atoms with E-state index in [4.69, 9.17) is 46.9 Å². The van der Waals surface area contributed by atoms with Crippen LogP contribution in [0.1, 0.15) is 68.7 Å². The number of hydrogen-bond acceptors (Lipinski definition) is 8. The minimum atomic E-state index is -1.07. The maximum atomic E-state index is 14.3. The Morgan fingerprint density at radius 3 is 2.41 bits per heavy atom. The Bertz CT molecular complexity index is 1440. The van der Waals surface area contributed by atoms with Crippen LogP contribution in [0.5, 0.6) is 11.5 Å². The van der Waals surface area contributed by atoms with E-state index in [1.54, 1.807) is 52.0 Å². The average molecular weight is 665 g/mol. The zero-order valence-electron chi connectivity index (χ0n) is 25.8. The molecule has 1 aliphatic heterocycles. The number of morpholine rings is 1. The zero-order valence-corrected chi connectivity index (χ0v) is 28.1. The monoisotopic (exact) mass is 663 g/mol. The molecule has 1 aliphatic rings. The van der Waals surface area contributed by atoms with E-state index in [1.165, 1.54) is 11.3 Å². The Morgan fingerprint density at radius 2 is 1.80 bits per heavy atom. The Labute approximate surface area is 273 Å². The van der Waals surface area contributed by atoms with E-state index in [2.05, 4.69) is 0 Å². The van der Waals surface area contributed by atoms with Crippen LogP contribution in [0, 0.1) is 0 Å². The Hall–Kier alpha value is -2.82. The highest BCUT2D eigenvalue weighted by Gasteiger charge is 2.48. The van der Waals surface area contributed by atoms with Crippen molar-refractivity contribution in [2.24, 2.45) is 0 Å². The Morgan fingerprint density at radius 1 is 1.05 bits per heavy atom. The van der Waals surface area contributed by atoms with Gasteiger partial charge in [-0.2, -0.15) is 0 Å². The molecule has 238 valence electrons. The van der Waals surface area contributed by atoms with Crippen LogP contribution in [0.25, 0.3) is 0 Å². The fourth-order valence-electron chi connectivity index (χ4n) is 5.23. The van der Waals surface area contributed by atoms with Gasteiger partial charge in [0.25, 0.3) is 5.91 Å². The third-order valence-corrected chi connectivity index (χ3v) is 8.69. The Kier molecular flexibility index (Phi) is 11.6. The molecule has 3 aromatic rings. The molecular formula is C33H39Cl2NO7S. The summed E-state index contributed by atoms with van der Waals surface area (Å²) >= 11 is 14.2. The van der Waals surface area contributed by atoms with Gasteiger partial charge in [-0.1, -0.05) is 48.3 Å². The molecule has 44 heavy (non-hydrogen) atoms. The predicted molar refractivity (Wildman–Crippen MR) is 172 cm³/mol. The molecule has 0 aliphatic carbocycles. The summed E-state index contributed by atoms with van der Waals surface area (Å²) in [5.74, 6) is 0.399. The molecule has 0 spiro atoms. The molecule has 1 amide bonds. The lowest BCUT2D eigenvalue weighted by atomic mass is 9.93. The summed E-state index contributed by atoms with van der Waals surface area (Å²) in [6.45, 7) is 7.90. The van der Waals surface area contributed by atoms with E-state index in [1.807, 2.05) is 49.4 Å². The summed E-state index contributed by atoms with van der Waals surface area (Å²) in [5, 5.41) is 0.534. The van der Waals surface area contributed by atoms with Gasteiger partial charge in [0.1, 0.15) is 17.8 Å². The first kappa shape index (κ1) is 34.1. The fraction of sp³-hybridized carbons (Fsp3) is 0.455. The third-order valence-electron chi connectivity index (χ3n) is 7.15. The largest absolute Gasteiger partial charge is 0.493 e. The topological polar surface area (TPSA) is 83.5 Å². The van der Waals surface area contributed by atoms with E-state index < -0.39 is 29.8 Å². The number of benzene rings is 2. The molecule has 0 bridgehead atoms. The SMILES string of the molecule is CC[C@@H](COCc1ccc(OC)c(OC)c1)N1C(=O)[C@@H](CC(=O)OC(C)(C)C)O[C@H](c2cccc(Cl)c2)[C@H]1c1ccc(Cl)s1. The van der Waals surface area contributed by atoms with Gasteiger partial charge < -0.3 is 28.6 Å². The van der Waals surface area contributed by atoms with Crippen molar-refractivity contribution in [2.45, 2.75) is 77.0 Å². The van der Waals surface area contributed by atoms with Crippen LogP contribution in [0.4, 0.5) is 0 Å². The quantitative estimate of drug-likeness (QED) is 0.183. The summed E-state index contributed by atoms with van der Waals surface area (Å²) < 4.78 is 29.6. The van der Waals surface area contributed by atoms with Crippen molar-refractivity contribution >= 4 is 46.4 Å². The van der Waals surface area contributed by atoms with Gasteiger partial charge >= 0.3 is 5.97 Å². The standard InChI is InChI=1S/C33H39Cl2NO7S/c1-7-23(19-41-18-20-11-12-24(39-5)25(15-20)40-6)36-30(27-13-14-28(35)44-27)31(21-9-8-10-22(34)16-21)42-26(32(36)38)17-29(37)43-33(2,3)4/h8-16,23,26,30-31H,7,17-19H2,1-6H3/t23-,26+,30+,31+/m0/s1. The number of halogens is 2. The summed E-state index contributed by atoms with van der Waals surface area (Å²) in [4.78, 5) is 29.9. The van der Waals surface area contributed by atoms with Gasteiger partial charge in [0.2, 0.25) is 0 Å². The normalized spacial score (nSPS) is 19.5. The van der Waals surface area contributed by atoms with Crippen molar-refractivity contribution in [2.75, 3.05) is 20.8 Å². The van der Waals surface area contributed by atoms with Crippen LogP contribution in [-0.2, 0) is 30.4 Å². The predicted octanol–water partition coefficient (Wildman–Crippen LogP) is 7.81. The molecule has 0 N–H and O–H groups in total. The molecule has 2 aromatic carbocycles. The molecule has 0 radical (unpaired) electrons. The molecule has 8 nitrogen and oxygen atoms in total. The molecule has 4 rings (SSSR count). The van der Waals surface area contributed by atoms with Gasteiger partial charge in [-0.05, 0) is 74.7 Å². The number of ether oxygens (including phenoxy) is 5. The highest BCUT2D eigenvalue weighted by atomic mass is 35.5. The number of rotatable bonds is 12. The van der Waals surface area contributed by atoms with Gasteiger partial charge in [0.05, 0.1) is 50.3 Å². The second-order valence-electron chi connectivity index (χ2n) is 11.5. The van der Waals surface area contributed by atoms with Gasteiger partial charge in [0, 0.05) is 9.90 Å². The number of amides is 1. The number of carbonyl (C=O) groups excluding carboxylic acids is 2. The van der Waals surface area contributed by atoms with Crippen LogP contribution in [0.2, 0.25) is 9.36 Å². The maximum absolute atomic E-state index is 14.3. The molecule has 4 atom stereocenters. The van der Waals surface area contributed by atoms with Crippen molar-refractivity contribution in [1.82, 2.24) is 4.90 Å². The molecule has 2 heterocycles. The van der Waals surface area contributed by atoms with Crippen LogP contribution in [0.3, 0.4) is 0 Å². The molecule has 1 aromatic heterocycles. The van der Waals surface area contributed by atoms with E-state index >= 15 is 0 Å². The summed E-state index contributed by atoms with van der Waals surface area (Å²) in [6.07, 6.45) is -1.34. The number of hydrogen-bond donors (Lipinski definition) is 0. The molecular weight excluding hydrogens is 625 g/mol. The van der Waals surface area contributed by atoms with E-state index in [0.29, 0.717) is 33.9 Å². The number of carbonyl (C=O) groups is 2. The fourth-order valence-corrected chi connectivity index (χ4v) is 6.62. The van der Waals surface area contributed by atoms with Gasteiger partial charge in [-0.3, -0.25) is 9.59 Å². The molecule has 11 heteroatoms.